The van der Waals surface area contributed by atoms with E-state index in [0.717, 1.165) is 11.1 Å². The first kappa shape index (κ1) is 16.9. The minimum absolute atomic E-state index is 0.0786. The van der Waals surface area contributed by atoms with Gasteiger partial charge in [-0.1, -0.05) is 42.5 Å². The fraction of sp³-hybridized carbons (Fsp3) is 0.200. The molecule has 128 valence electrons. The first-order valence-electron chi connectivity index (χ1n) is 8.18. The van der Waals surface area contributed by atoms with Gasteiger partial charge in [0, 0.05) is 24.2 Å². The zero-order valence-corrected chi connectivity index (χ0v) is 14.0. The van der Waals surface area contributed by atoms with E-state index in [1.54, 1.807) is 25.3 Å². The van der Waals surface area contributed by atoms with E-state index < -0.39 is 11.9 Å². The van der Waals surface area contributed by atoms with Crippen molar-refractivity contribution in [3.63, 3.8) is 0 Å². The zero-order chi connectivity index (χ0) is 17.8. The van der Waals surface area contributed by atoms with Gasteiger partial charge >= 0.3 is 0 Å². The molecule has 0 bridgehead atoms. The van der Waals surface area contributed by atoms with E-state index >= 15 is 0 Å². The number of carbonyl (C=O) groups excluding carboxylic acids is 1. The molecule has 0 fully saturated rings. The molecule has 0 unspecified atom stereocenters. The molecule has 1 atom stereocenters. The SMILES string of the molecule is C[C@H](CO)NC(=O)c1cn(Cc2ccccc2)c2ccccc2c1=O. The molecule has 0 saturated heterocycles. The van der Waals surface area contributed by atoms with Gasteiger partial charge < -0.3 is 15.0 Å². The van der Waals surface area contributed by atoms with E-state index in [1.807, 2.05) is 47.0 Å². The number of pyridine rings is 1. The predicted molar refractivity (Wildman–Crippen MR) is 97.8 cm³/mol. The molecule has 0 aliphatic heterocycles. The second-order valence-electron chi connectivity index (χ2n) is 6.06. The van der Waals surface area contributed by atoms with Gasteiger partial charge in [-0.15, -0.1) is 0 Å². The maximum atomic E-state index is 12.7. The van der Waals surface area contributed by atoms with Crippen molar-refractivity contribution >= 4 is 16.8 Å². The van der Waals surface area contributed by atoms with Gasteiger partial charge in [0.15, 0.2) is 0 Å². The van der Waals surface area contributed by atoms with Crippen molar-refractivity contribution in [1.82, 2.24) is 9.88 Å². The number of aliphatic hydroxyl groups excluding tert-OH is 1. The molecule has 1 aromatic heterocycles. The van der Waals surface area contributed by atoms with Crippen molar-refractivity contribution in [2.45, 2.75) is 19.5 Å². The molecule has 3 rings (SSSR count). The Kier molecular flexibility index (Phi) is 4.95. The van der Waals surface area contributed by atoms with Gasteiger partial charge in [-0.25, -0.2) is 0 Å². The van der Waals surface area contributed by atoms with Crippen LogP contribution in [0.2, 0.25) is 0 Å². The van der Waals surface area contributed by atoms with Crippen LogP contribution < -0.4 is 10.7 Å². The molecular formula is C20H20N2O3. The van der Waals surface area contributed by atoms with Crippen molar-refractivity contribution < 1.29 is 9.90 Å². The average Bonchev–Trinajstić information content (AvgIpc) is 2.64. The highest BCUT2D eigenvalue weighted by Gasteiger charge is 2.16. The van der Waals surface area contributed by atoms with E-state index in [9.17, 15) is 9.59 Å². The highest BCUT2D eigenvalue weighted by Crippen LogP contribution is 2.14. The second-order valence-corrected chi connectivity index (χ2v) is 6.06. The topological polar surface area (TPSA) is 71.3 Å². The van der Waals surface area contributed by atoms with Crippen LogP contribution in [-0.4, -0.2) is 28.2 Å². The summed E-state index contributed by atoms with van der Waals surface area (Å²) in [6, 6.07) is 16.7. The van der Waals surface area contributed by atoms with Crippen LogP contribution in [0.3, 0.4) is 0 Å². The fourth-order valence-corrected chi connectivity index (χ4v) is 2.77. The molecule has 0 saturated carbocycles. The minimum atomic E-state index is -0.473. The Morgan fingerprint density at radius 2 is 1.80 bits per heavy atom. The lowest BCUT2D eigenvalue weighted by molar-refractivity contribution is 0.0920. The number of benzene rings is 2. The van der Waals surface area contributed by atoms with E-state index in [-0.39, 0.29) is 17.6 Å². The van der Waals surface area contributed by atoms with Crippen LogP contribution in [-0.2, 0) is 6.54 Å². The van der Waals surface area contributed by atoms with Gasteiger partial charge in [-0.2, -0.15) is 0 Å². The third-order valence-corrected chi connectivity index (χ3v) is 4.08. The number of nitrogens with one attached hydrogen (secondary N) is 1. The quantitative estimate of drug-likeness (QED) is 0.750. The van der Waals surface area contributed by atoms with Crippen LogP contribution in [0, 0.1) is 0 Å². The van der Waals surface area contributed by atoms with Crippen LogP contribution >= 0.6 is 0 Å². The number of para-hydroxylation sites is 1. The predicted octanol–water partition coefficient (Wildman–Crippen LogP) is 2.16. The number of amides is 1. The second kappa shape index (κ2) is 7.32. The molecule has 5 nitrogen and oxygen atoms in total. The largest absolute Gasteiger partial charge is 0.394 e. The molecule has 1 amide bonds. The molecule has 0 aliphatic carbocycles. The lowest BCUT2D eigenvalue weighted by Crippen LogP contribution is -2.37. The van der Waals surface area contributed by atoms with E-state index in [1.165, 1.54) is 0 Å². The lowest BCUT2D eigenvalue weighted by atomic mass is 10.1. The number of carbonyl (C=O) groups is 1. The highest BCUT2D eigenvalue weighted by atomic mass is 16.3. The average molecular weight is 336 g/mol. The molecule has 0 radical (unpaired) electrons. The summed E-state index contributed by atoms with van der Waals surface area (Å²) in [7, 11) is 0. The highest BCUT2D eigenvalue weighted by molar-refractivity contribution is 5.97. The summed E-state index contributed by atoms with van der Waals surface area (Å²) in [6.45, 7) is 2.05. The summed E-state index contributed by atoms with van der Waals surface area (Å²) in [6.07, 6.45) is 1.59. The van der Waals surface area contributed by atoms with Gasteiger partial charge in [-0.05, 0) is 24.6 Å². The van der Waals surface area contributed by atoms with Crippen molar-refractivity contribution in [3.8, 4) is 0 Å². The minimum Gasteiger partial charge on any atom is -0.394 e. The smallest absolute Gasteiger partial charge is 0.257 e. The molecule has 5 heteroatoms. The van der Waals surface area contributed by atoms with E-state index in [4.69, 9.17) is 5.11 Å². The van der Waals surface area contributed by atoms with Crippen molar-refractivity contribution in [1.29, 1.82) is 0 Å². The Bertz CT molecular complexity index is 948. The Morgan fingerprint density at radius 1 is 1.12 bits per heavy atom. The summed E-state index contributed by atoms with van der Waals surface area (Å²) in [5.41, 5.74) is 1.63. The molecule has 25 heavy (non-hydrogen) atoms. The Morgan fingerprint density at radius 3 is 2.52 bits per heavy atom. The first-order valence-corrected chi connectivity index (χ1v) is 8.18. The zero-order valence-electron chi connectivity index (χ0n) is 14.0. The van der Waals surface area contributed by atoms with Gasteiger partial charge in [0.2, 0.25) is 5.43 Å². The first-order chi connectivity index (χ1) is 12.1. The molecule has 3 aromatic rings. The summed E-state index contributed by atoms with van der Waals surface area (Å²) in [5, 5.41) is 12.3. The number of rotatable bonds is 5. The van der Waals surface area contributed by atoms with Crippen LogP contribution in [0.1, 0.15) is 22.8 Å². The number of hydrogen-bond donors (Lipinski definition) is 2. The monoisotopic (exact) mass is 336 g/mol. The van der Waals surface area contributed by atoms with E-state index in [2.05, 4.69) is 5.32 Å². The number of aliphatic hydroxyl groups is 1. The molecule has 2 N–H and O–H groups in total. The molecule has 0 spiro atoms. The standard InChI is InChI=1S/C20H20N2O3/c1-14(13-23)21-20(25)17-12-22(11-15-7-3-2-4-8-15)18-10-6-5-9-16(18)19(17)24/h2-10,12,14,23H,11,13H2,1H3,(H,21,25)/t14-/m1/s1. The third-order valence-electron chi connectivity index (χ3n) is 4.08. The molecule has 1 heterocycles. The summed E-state index contributed by atoms with van der Waals surface area (Å²) in [5.74, 6) is -0.473. The molecule has 0 aliphatic rings. The normalized spacial score (nSPS) is 12.1. The van der Waals surface area contributed by atoms with Crippen LogP contribution in [0.15, 0.2) is 65.6 Å². The Hall–Kier alpha value is -2.92. The Balaban J connectivity index is 2.11. The third kappa shape index (κ3) is 3.61. The van der Waals surface area contributed by atoms with Gasteiger partial charge in [0.1, 0.15) is 5.56 Å². The number of fused-ring (bicyclic) bond motifs is 1. The van der Waals surface area contributed by atoms with Crippen LogP contribution in [0.5, 0.6) is 0 Å². The molecule has 2 aromatic carbocycles. The molecular weight excluding hydrogens is 316 g/mol. The van der Waals surface area contributed by atoms with E-state index in [0.29, 0.717) is 11.9 Å². The van der Waals surface area contributed by atoms with Crippen LogP contribution in [0.25, 0.3) is 10.9 Å². The van der Waals surface area contributed by atoms with Gasteiger partial charge in [0.25, 0.3) is 5.91 Å². The van der Waals surface area contributed by atoms with Gasteiger partial charge in [-0.3, -0.25) is 9.59 Å². The fourth-order valence-electron chi connectivity index (χ4n) is 2.77. The maximum absolute atomic E-state index is 12.7. The Labute approximate surface area is 145 Å². The number of nitrogens with zero attached hydrogens (tertiary/aromatic N) is 1. The van der Waals surface area contributed by atoms with Crippen molar-refractivity contribution in [2.75, 3.05) is 6.61 Å². The van der Waals surface area contributed by atoms with Crippen molar-refractivity contribution in [2.24, 2.45) is 0 Å². The van der Waals surface area contributed by atoms with Crippen LogP contribution in [0.4, 0.5) is 0 Å². The number of aromatic nitrogens is 1. The van der Waals surface area contributed by atoms with Crippen molar-refractivity contribution in [3.05, 3.63) is 82.1 Å². The van der Waals surface area contributed by atoms with Gasteiger partial charge in [0.05, 0.1) is 12.1 Å². The summed E-state index contributed by atoms with van der Waals surface area (Å²) >= 11 is 0. The number of hydrogen-bond acceptors (Lipinski definition) is 3. The lowest BCUT2D eigenvalue weighted by Gasteiger charge is -2.15. The maximum Gasteiger partial charge on any atom is 0.257 e. The summed E-state index contributed by atoms with van der Waals surface area (Å²) < 4.78 is 1.91. The summed E-state index contributed by atoms with van der Waals surface area (Å²) in [4.78, 5) is 25.2.